The number of nitrogens with one attached hydrogen (secondary N) is 1. The first kappa shape index (κ1) is 22.8. The van der Waals surface area contributed by atoms with E-state index in [0.717, 1.165) is 23.4 Å². The third kappa shape index (κ3) is 4.84. The van der Waals surface area contributed by atoms with Gasteiger partial charge in [0.05, 0.1) is 37.6 Å². The van der Waals surface area contributed by atoms with Gasteiger partial charge in [0.15, 0.2) is 0 Å². The molecule has 7 nitrogen and oxygen atoms in total. The van der Waals surface area contributed by atoms with Gasteiger partial charge in [0.25, 0.3) is 5.56 Å². The van der Waals surface area contributed by atoms with Gasteiger partial charge in [0.1, 0.15) is 29.0 Å². The number of ether oxygens (including phenoxy) is 1. The second-order valence-corrected chi connectivity index (χ2v) is 7.81. The largest absolute Gasteiger partial charge is 0.487 e. The number of hydrogen-bond acceptors (Lipinski definition) is 5. The molecule has 4 rings (SSSR count). The molecule has 0 bridgehead atoms. The fourth-order valence-corrected chi connectivity index (χ4v) is 3.74. The van der Waals surface area contributed by atoms with E-state index < -0.39 is 17.2 Å². The minimum Gasteiger partial charge on any atom is -0.487 e. The van der Waals surface area contributed by atoms with Crippen LogP contribution in [0, 0.1) is 11.6 Å². The zero-order chi connectivity index (χ0) is 23.5. The lowest BCUT2D eigenvalue weighted by atomic mass is 10.1. The first-order valence-electron chi connectivity index (χ1n) is 10.1. The van der Waals surface area contributed by atoms with E-state index in [-0.39, 0.29) is 48.4 Å². The molecule has 1 aliphatic rings. The molecule has 0 spiro atoms. The number of benzene rings is 2. The lowest BCUT2D eigenvalue weighted by Gasteiger charge is -2.15. The fraction of sp³-hybridized carbons (Fsp3) is 0.217. The summed E-state index contributed by atoms with van der Waals surface area (Å²) in [6.45, 7) is 0.108. The number of rotatable bonds is 7. The van der Waals surface area contributed by atoms with Gasteiger partial charge in [0, 0.05) is 17.8 Å². The summed E-state index contributed by atoms with van der Waals surface area (Å²) in [4.78, 5) is 26.3. The number of halogens is 3. The molecule has 0 saturated carbocycles. The van der Waals surface area contributed by atoms with E-state index in [2.05, 4.69) is 5.32 Å². The zero-order valence-corrected chi connectivity index (χ0v) is 18.1. The summed E-state index contributed by atoms with van der Waals surface area (Å²) < 4.78 is 33.7. The third-order valence-corrected chi connectivity index (χ3v) is 5.58. The quantitative estimate of drug-likeness (QED) is 0.546. The number of aliphatic hydroxyl groups is 1. The summed E-state index contributed by atoms with van der Waals surface area (Å²) >= 11 is 6.18. The van der Waals surface area contributed by atoms with E-state index in [0.29, 0.717) is 12.4 Å². The Hall–Kier alpha value is -3.43. The van der Waals surface area contributed by atoms with Crippen LogP contribution in [0.15, 0.2) is 53.5 Å². The standard InChI is InChI=1S/C23H20ClF2N3O4/c24-22-20(33-12-15-2-3-16(25)10-17(15)26)5-7-28(23(22)32)11-14-1-4-19-18(9-14)27-13-29(19)21(31)6-8-30/h1-5,7,9-10,27,30H,6,8,11-13H2. The van der Waals surface area contributed by atoms with Crippen molar-refractivity contribution in [2.75, 3.05) is 23.5 Å². The number of hydrogen-bond donors (Lipinski definition) is 2. The van der Waals surface area contributed by atoms with Crippen LogP contribution in [0.1, 0.15) is 17.5 Å². The van der Waals surface area contributed by atoms with Crippen LogP contribution in [0.2, 0.25) is 5.02 Å². The number of nitrogens with zero attached hydrogens (tertiary/aromatic N) is 2. The molecule has 33 heavy (non-hydrogen) atoms. The van der Waals surface area contributed by atoms with E-state index in [1.165, 1.54) is 22.9 Å². The summed E-state index contributed by atoms with van der Waals surface area (Å²) in [5, 5.41) is 12.0. The van der Waals surface area contributed by atoms with E-state index >= 15 is 0 Å². The Kier molecular flexibility index (Phi) is 6.62. The van der Waals surface area contributed by atoms with Crippen LogP contribution < -0.4 is 20.5 Å². The Bertz CT molecular complexity index is 1260. The predicted octanol–water partition coefficient (Wildman–Crippen LogP) is 3.51. The van der Waals surface area contributed by atoms with Crippen LogP contribution in [0.5, 0.6) is 5.75 Å². The number of carbonyl (C=O) groups is 1. The Morgan fingerprint density at radius 2 is 2.00 bits per heavy atom. The number of fused-ring (bicyclic) bond motifs is 1. The summed E-state index contributed by atoms with van der Waals surface area (Å²) in [6.07, 6.45) is 1.56. The average Bonchev–Trinajstić information content (AvgIpc) is 3.21. The summed E-state index contributed by atoms with van der Waals surface area (Å²) in [5.41, 5.74) is 1.91. The van der Waals surface area contributed by atoms with Gasteiger partial charge in [-0.2, -0.15) is 0 Å². The SMILES string of the molecule is O=C(CCO)N1CNc2cc(Cn3ccc(OCc4ccc(F)cc4F)c(Cl)c3=O)ccc21. The molecule has 0 atom stereocenters. The van der Waals surface area contributed by atoms with Gasteiger partial charge < -0.3 is 19.7 Å². The number of carbonyl (C=O) groups excluding carboxylic acids is 1. The van der Waals surface area contributed by atoms with Crippen LogP contribution in [0.4, 0.5) is 20.2 Å². The minimum atomic E-state index is -0.749. The smallest absolute Gasteiger partial charge is 0.273 e. The molecule has 0 aliphatic carbocycles. The van der Waals surface area contributed by atoms with Gasteiger partial charge in [-0.05, 0) is 35.9 Å². The molecule has 1 aromatic heterocycles. The number of amides is 1. The average molecular weight is 476 g/mol. The van der Waals surface area contributed by atoms with Crippen LogP contribution in [-0.2, 0) is 17.9 Å². The van der Waals surface area contributed by atoms with Gasteiger partial charge in [-0.15, -0.1) is 0 Å². The zero-order valence-electron chi connectivity index (χ0n) is 17.4. The van der Waals surface area contributed by atoms with Gasteiger partial charge >= 0.3 is 0 Å². The highest BCUT2D eigenvalue weighted by atomic mass is 35.5. The predicted molar refractivity (Wildman–Crippen MR) is 120 cm³/mol. The Balaban J connectivity index is 1.48. The maximum Gasteiger partial charge on any atom is 0.273 e. The highest BCUT2D eigenvalue weighted by molar-refractivity contribution is 6.31. The van der Waals surface area contributed by atoms with Crippen molar-refractivity contribution in [2.45, 2.75) is 19.6 Å². The van der Waals surface area contributed by atoms with E-state index in [1.807, 2.05) is 6.07 Å². The third-order valence-electron chi connectivity index (χ3n) is 5.23. The highest BCUT2D eigenvalue weighted by Gasteiger charge is 2.24. The van der Waals surface area contributed by atoms with Crippen LogP contribution in [0.3, 0.4) is 0 Å². The molecule has 172 valence electrons. The number of aromatic nitrogens is 1. The lowest BCUT2D eigenvalue weighted by Crippen LogP contribution is -2.30. The molecule has 2 N–H and O–H groups in total. The second kappa shape index (κ2) is 9.60. The molecule has 1 aliphatic heterocycles. The first-order chi connectivity index (χ1) is 15.9. The molecule has 0 radical (unpaired) electrons. The summed E-state index contributed by atoms with van der Waals surface area (Å²) in [7, 11) is 0. The molecule has 0 unspecified atom stereocenters. The Labute approximate surface area is 192 Å². The first-order valence-corrected chi connectivity index (χ1v) is 10.5. The highest BCUT2D eigenvalue weighted by Crippen LogP contribution is 2.32. The van der Waals surface area contributed by atoms with Crippen molar-refractivity contribution >= 4 is 28.9 Å². The lowest BCUT2D eigenvalue weighted by molar-refractivity contribution is -0.119. The van der Waals surface area contributed by atoms with Gasteiger partial charge in [-0.3, -0.25) is 14.5 Å². The van der Waals surface area contributed by atoms with Crippen molar-refractivity contribution in [3.05, 3.63) is 86.8 Å². The van der Waals surface area contributed by atoms with Crippen LogP contribution >= 0.6 is 11.6 Å². The van der Waals surface area contributed by atoms with E-state index in [4.69, 9.17) is 21.4 Å². The number of pyridine rings is 1. The van der Waals surface area contributed by atoms with Crippen molar-refractivity contribution in [1.82, 2.24) is 4.57 Å². The number of anilines is 2. The molecule has 0 saturated heterocycles. The van der Waals surface area contributed by atoms with Crippen molar-refractivity contribution in [2.24, 2.45) is 0 Å². The molecular weight excluding hydrogens is 456 g/mol. The summed E-state index contributed by atoms with van der Waals surface area (Å²) in [6, 6.07) is 10.1. The second-order valence-electron chi connectivity index (χ2n) is 7.43. The normalized spacial score (nSPS) is 12.4. The van der Waals surface area contributed by atoms with Crippen molar-refractivity contribution in [1.29, 1.82) is 0 Å². The molecule has 2 heterocycles. The van der Waals surface area contributed by atoms with Gasteiger partial charge in [-0.25, -0.2) is 8.78 Å². The van der Waals surface area contributed by atoms with E-state index in [1.54, 1.807) is 17.0 Å². The Morgan fingerprint density at radius 1 is 1.18 bits per heavy atom. The van der Waals surface area contributed by atoms with Gasteiger partial charge in [0.2, 0.25) is 5.91 Å². The van der Waals surface area contributed by atoms with Crippen LogP contribution in [0.25, 0.3) is 0 Å². The molecule has 2 aromatic carbocycles. The topological polar surface area (TPSA) is 83.8 Å². The molecule has 3 aromatic rings. The fourth-order valence-electron chi connectivity index (χ4n) is 3.52. The Morgan fingerprint density at radius 3 is 2.76 bits per heavy atom. The van der Waals surface area contributed by atoms with Crippen molar-refractivity contribution < 1.29 is 23.4 Å². The molecule has 0 fully saturated rings. The molecule has 1 amide bonds. The number of aliphatic hydroxyl groups excluding tert-OH is 1. The van der Waals surface area contributed by atoms with E-state index in [9.17, 15) is 18.4 Å². The maximum atomic E-state index is 13.8. The van der Waals surface area contributed by atoms with Gasteiger partial charge in [-0.1, -0.05) is 17.7 Å². The van der Waals surface area contributed by atoms with Crippen molar-refractivity contribution in [3.8, 4) is 5.75 Å². The van der Waals surface area contributed by atoms with Crippen LogP contribution in [-0.4, -0.2) is 28.9 Å². The molecular formula is C23H20ClF2N3O4. The minimum absolute atomic E-state index is 0.0407. The summed E-state index contributed by atoms with van der Waals surface area (Å²) in [5.74, 6) is -1.53. The van der Waals surface area contributed by atoms with Crippen molar-refractivity contribution in [3.63, 3.8) is 0 Å². The monoisotopic (exact) mass is 475 g/mol. The molecule has 10 heteroatoms. The maximum absolute atomic E-state index is 13.8.